The van der Waals surface area contributed by atoms with Crippen molar-refractivity contribution in [3.05, 3.63) is 42.0 Å². The van der Waals surface area contributed by atoms with Gasteiger partial charge in [0.05, 0.1) is 12.0 Å². The van der Waals surface area contributed by atoms with Gasteiger partial charge >= 0.3 is 0 Å². The number of ether oxygens (including phenoxy) is 1. The lowest BCUT2D eigenvalue weighted by atomic mass is 10.0. The third kappa shape index (κ3) is 2.26. The first-order valence-electron chi connectivity index (χ1n) is 6.48. The molecular formula is C14H16ClN3O. The summed E-state index contributed by atoms with van der Waals surface area (Å²) in [5.74, 6) is 2.36. The van der Waals surface area contributed by atoms with E-state index >= 15 is 0 Å². The van der Waals surface area contributed by atoms with Crippen LogP contribution in [0.25, 0.3) is 5.69 Å². The lowest BCUT2D eigenvalue weighted by Crippen LogP contribution is -2.15. The summed E-state index contributed by atoms with van der Waals surface area (Å²) in [6.07, 6.45) is 1.16. The fraction of sp³-hybridized carbons (Fsp3) is 0.429. The standard InChI is InChI=1S/C14H16ClN3O/c1-10-12(7-8-19-10)14-17-16-13(9-15)18(14)11-5-3-2-4-6-11/h2-6,10,12H,7-9H2,1H3. The van der Waals surface area contributed by atoms with E-state index in [1.54, 1.807) is 0 Å². The average Bonchev–Trinajstić information content (AvgIpc) is 3.05. The molecule has 100 valence electrons. The van der Waals surface area contributed by atoms with E-state index in [1.807, 2.05) is 30.3 Å². The van der Waals surface area contributed by atoms with Crippen molar-refractivity contribution in [3.63, 3.8) is 0 Å². The Hall–Kier alpha value is -1.39. The van der Waals surface area contributed by atoms with E-state index < -0.39 is 0 Å². The summed E-state index contributed by atoms with van der Waals surface area (Å²) < 4.78 is 7.70. The summed E-state index contributed by atoms with van der Waals surface area (Å²) in [6.45, 7) is 2.87. The molecule has 1 aliphatic rings. The average molecular weight is 278 g/mol. The fourth-order valence-electron chi connectivity index (χ4n) is 2.59. The highest BCUT2D eigenvalue weighted by Crippen LogP contribution is 2.31. The molecule has 1 aliphatic heterocycles. The van der Waals surface area contributed by atoms with Crippen molar-refractivity contribution in [2.24, 2.45) is 0 Å². The number of rotatable bonds is 3. The van der Waals surface area contributed by atoms with E-state index in [4.69, 9.17) is 16.3 Å². The molecule has 0 aliphatic carbocycles. The normalized spacial score (nSPS) is 22.8. The minimum absolute atomic E-state index is 0.176. The van der Waals surface area contributed by atoms with Gasteiger partial charge < -0.3 is 4.74 Å². The number of alkyl halides is 1. The molecule has 19 heavy (non-hydrogen) atoms. The number of halogens is 1. The minimum atomic E-state index is 0.176. The molecule has 2 unspecified atom stereocenters. The third-order valence-electron chi connectivity index (χ3n) is 3.60. The molecule has 0 radical (unpaired) electrons. The van der Waals surface area contributed by atoms with Crippen molar-refractivity contribution in [2.45, 2.75) is 31.2 Å². The smallest absolute Gasteiger partial charge is 0.152 e. The van der Waals surface area contributed by atoms with Crippen LogP contribution in [0.15, 0.2) is 30.3 Å². The van der Waals surface area contributed by atoms with E-state index in [1.165, 1.54) is 0 Å². The second-order valence-electron chi connectivity index (χ2n) is 4.75. The maximum Gasteiger partial charge on any atom is 0.152 e. The van der Waals surface area contributed by atoms with E-state index in [9.17, 15) is 0 Å². The SMILES string of the molecule is CC1OCCC1c1nnc(CCl)n1-c1ccccc1. The Labute approximate surface area is 117 Å². The zero-order valence-corrected chi connectivity index (χ0v) is 11.5. The predicted octanol–water partition coefficient (Wildman–Crippen LogP) is 2.90. The van der Waals surface area contributed by atoms with Gasteiger partial charge in [0, 0.05) is 18.2 Å². The summed E-state index contributed by atoms with van der Waals surface area (Å²) in [5.41, 5.74) is 1.05. The molecule has 1 saturated heterocycles. The van der Waals surface area contributed by atoms with E-state index in [-0.39, 0.29) is 12.0 Å². The van der Waals surface area contributed by atoms with Crippen LogP contribution in [0.1, 0.15) is 30.9 Å². The quantitative estimate of drug-likeness (QED) is 0.810. The van der Waals surface area contributed by atoms with Crippen molar-refractivity contribution in [2.75, 3.05) is 6.61 Å². The number of hydrogen-bond acceptors (Lipinski definition) is 3. The number of nitrogens with zero attached hydrogens (tertiary/aromatic N) is 3. The Morgan fingerprint density at radius 1 is 1.32 bits per heavy atom. The van der Waals surface area contributed by atoms with Crippen LogP contribution < -0.4 is 0 Å². The monoisotopic (exact) mass is 277 g/mol. The van der Waals surface area contributed by atoms with Crippen molar-refractivity contribution in [1.82, 2.24) is 14.8 Å². The van der Waals surface area contributed by atoms with Crippen molar-refractivity contribution < 1.29 is 4.74 Å². The summed E-state index contributed by atoms with van der Waals surface area (Å²) in [6, 6.07) is 10.1. The molecule has 0 bridgehead atoms. The van der Waals surface area contributed by atoms with Crippen LogP contribution in [0.4, 0.5) is 0 Å². The van der Waals surface area contributed by atoms with Crippen LogP contribution in [0.5, 0.6) is 0 Å². The lowest BCUT2D eigenvalue weighted by molar-refractivity contribution is 0.117. The van der Waals surface area contributed by atoms with Gasteiger partial charge in [0.2, 0.25) is 0 Å². The van der Waals surface area contributed by atoms with Gasteiger partial charge in [-0.1, -0.05) is 18.2 Å². The minimum Gasteiger partial charge on any atom is -0.378 e. The van der Waals surface area contributed by atoms with Crippen LogP contribution in [-0.4, -0.2) is 27.5 Å². The first kappa shape index (κ1) is 12.6. The Bertz CT molecular complexity index is 555. The molecule has 1 aromatic heterocycles. The molecule has 0 spiro atoms. The Balaban J connectivity index is 2.08. The molecule has 2 heterocycles. The Morgan fingerprint density at radius 2 is 2.11 bits per heavy atom. The molecule has 5 heteroatoms. The Kier molecular flexibility index (Phi) is 3.53. The van der Waals surface area contributed by atoms with Crippen LogP contribution in [0, 0.1) is 0 Å². The van der Waals surface area contributed by atoms with Gasteiger partial charge in [0.25, 0.3) is 0 Å². The number of aromatic nitrogens is 3. The summed E-state index contributed by atoms with van der Waals surface area (Å²) in [4.78, 5) is 0. The molecule has 1 fully saturated rings. The van der Waals surface area contributed by atoms with Crippen molar-refractivity contribution in [1.29, 1.82) is 0 Å². The van der Waals surface area contributed by atoms with Crippen LogP contribution in [0.2, 0.25) is 0 Å². The zero-order chi connectivity index (χ0) is 13.2. The zero-order valence-electron chi connectivity index (χ0n) is 10.8. The van der Waals surface area contributed by atoms with E-state index in [0.29, 0.717) is 5.88 Å². The number of benzene rings is 1. The maximum atomic E-state index is 5.98. The van der Waals surface area contributed by atoms with Gasteiger partial charge in [-0.05, 0) is 25.5 Å². The van der Waals surface area contributed by atoms with Gasteiger partial charge in [0.15, 0.2) is 5.82 Å². The molecule has 0 N–H and O–H groups in total. The molecule has 2 aromatic rings. The Morgan fingerprint density at radius 3 is 2.74 bits per heavy atom. The largest absolute Gasteiger partial charge is 0.378 e. The highest BCUT2D eigenvalue weighted by Gasteiger charge is 2.31. The summed E-state index contributed by atoms with van der Waals surface area (Å²) in [7, 11) is 0. The predicted molar refractivity (Wildman–Crippen MR) is 73.7 cm³/mol. The first-order chi connectivity index (χ1) is 9.31. The highest BCUT2D eigenvalue weighted by molar-refractivity contribution is 6.16. The van der Waals surface area contributed by atoms with Gasteiger partial charge in [-0.15, -0.1) is 21.8 Å². The summed E-state index contributed by atoms with van der Waals surface area (Å²) in [5, 5.41) is 8.56. The van der Waals surface area contributed by atoms with E-state index in [2.05, 4.69) is 21.7 Å². The molecule has 0 amide bonds. The van der Waals surface area contributed by atoms with E-state index in [0.717, 1.165) is 30.4 Å². The second-order valence-corrected chi connectivity index (χ2v) is 5.02. The van der Waals surface area contributed by atoms with Crippen LogP contribution >= 0.6 is 11.6 Å². The molecule has 4 nitrogen and oxygen atoms in total. The van der Waals surface area contributed by atoms with Gasteiger partial charge in [-0.25, -0.2) is 0 Å². The van der Waals surface area contributed by atoms with Crippen molar-refractivity contribution >= 4 is 11.6 Å². The highest BCUT2D eigenvalue weighted by atomic mass is 35.5. The van der Waals surface area contributed by atoms with Gasteiger partial charge in [-0.3, -0.25) is 4.57 Å². The summed E-state index contributed by atoms with van der Waals surface area (Å²) >= 11 is 5.98. The topological polar surface area (TPSA) is 39.9 Å². The molecule has 1 aromatic carbocycles. The second kappa shape index (κ2) is 5.31. The lowest BCUT2D eigenvalue weighted by Gasteiger charge is -2.16. The van der Waals surface area contributed by atoms with Crippen LogP contribution in [-0.2, 0) is 10.6 Å². The fourth-order valence-corrected chi connectivity index (χ4v) is 2.76. The molecule has 3 rings (SSSR count). The van der Waals surface area contributed by atoms with Gasteiger partial charge in [-0.2, -0.15) is 0 Å². The van der Waals surface area contributed by atoms with Gasteiger partial charge in [0.1, 0.15) is 5.82 Å². The number of para-hydroxylation sites is 1. The molecule has 0 saturated carbocycles. The third-order valence-corrected chi connectivity index (χ3v) is 3.84. The molecule has 2 atom stereocenters. The van der Waals surface area contributed by atoms with Crippen molar-refractivity contribution in [3.8, 4) is 5.69 Å². The first-order valence-corrected chi connectivity index (χ1v) is 7.02. The number of hydrogen-bond donors (Lipinski definition) is 0. The molecular weight excluding hydrogens is 262 g/mol. The maximum absolute atomic E-state index is 5.98. The van der Waals surface area contributed by atoms with Crippen LogP contribution in [0.3, 0.4) is 0 Å².